The first-order valence-corrected chi connectivity index (χ1v) is 8.06. The Bertz CT molecular complexity index is 364. The maximum absolute atomic E-state index is 4.08. The van der Waals surface area contributed by atoms with Gasteiger partial charge >= 0.3 is 0 Å². The van der Waals surface area contributed by atoms with Crippen molar-refractivity contribution in [3.63, 3.8) is 0 Å². The van der Waals surface area contributed by atoms with Crippen LogP contribution in [0.5, 0.6) is 0 Å². The summed E-state index contributed by atoms with van der Waals surface area (Å²) in [5, 5.41) is 8.15. The van der Waals surface area contributed by atoms with Crippen molar-refractivity contribution in [2.24, 2.45) is 16.7 Å². The molecule has 6 atom stereocenters. The van der Waals surface area contributed by atoms with Gasteiger partial charge in [0, 0.05) is 24.2 Å². The molecule has 0 aromatic rings. The standard InChI is InChI=1S/C16H28N2/c1-15(2)10-8-9-16(15,3)14-13(10)17-11-6-4-5-7-12(11)18-14/h10-14,17-18H,4-9H2,1-3H3/t10-,11-,12-,13-,14-,16+/m1/s1. The maximum atomic E-state index is 4.08. The molecule has 1 aliphatic heterocycles. The number of hydrogen-bond acceptors (Lipinski definition) is 2. The summed E-state index contributed by atoms with van der Waals surface area (Å²) in [6.45, 7) is 7.60. The van der Waals surface area contributed by atoms with Crippen LogP contribution in [0.1, 0.15) is 59.3 Å². The van der Waals surface area contributed by atoms with Crippen LogP contribution in [0.15, 0.2) is 0 Å². The molecule has 0 unspecified atom stereocenters. The van der Waals surface area contributed by atoms with Crippen LogP contribution in [0.4, 0.5) is 0 Å². The SMILES string of the molecule is CC1(C)[C@@H]2CC[C@@]1(C)[C@@H]1N[C@@H]3CCCC[C@H]3N[C@H]21. The average Bonchev–Trinajstić information content (AvgIpc) is 2.68. The lowest BCUT2D eigenvalue weighted by atomic mass is 9.68. The van der Waals surface area contributed by atoms with Gasteiger partial charge in [-0.1, -0.05) is 33.6 Å². The molecule has 2 N–H and O–H groups in total. The fourth-order valence-corrected chi connectivity index (χ4v) is 5.88. The summed E-state index contributed by atoms with van der Waals surface area (Å²) in [4.78, 5) is 0. The first-order valence-electron chi connectivity index (χ1n) is 8.06. The van der Waals surface area contributed by atoms with Gasteiger partial charge in [-0.25, -0.2) is 0 Å². The first kappa shape index (κ1) is 11.7. The normalized spacial score (nSPS) is 57.2. The molecule has 0 spiro atoms. The molecule has 1 saturated heterocycles. The summed E-state index contributed by atoms with van der Waals surface area (Å²) >= 11 is 0. The predicted octanol–water partition coefficient (Wildman–Crippen LogP) is 2.68. The summed E-state index contributed by atoms with van der Waals surface area (Å²) in [5.74, 6) is 0.892. The highest BCUT2D eigenvalue weighted by molar-refractivity contribution is 5.22. The lowest BCUT2D eigenvalue weighted by Gasteiger charge is -2.50. The smallest absolute Gasteiger partial charge is 0.0286 e. The Morgan fingerprint density at radius 2 is 1.56 bits per heavy atom. The van der Waals surface area contributed by atoms with Gasteiger partial charge in [0.15, 0.2) is 0 Å². The molecule has 4 rings (SSSR count). The van der Waals surface area contributed by atoms with E-state index in [1.54, 1.807) is 0 Å². The molecule has 2 bridgehead atoms. The Kier molecular flexibility index (Phi) is 2.29. The molecule has 0 amide bonds. The van der Waals surface area contributed by atoms with Crippen LogP contribution < -0.4 is 10.6 Å². The number of rotatable bonds is 0. The molecule has 2 nitrogen and oxygen atoms in total. The quantitative estimate of drug-likeness (QED) is 0.689. The molecule has 0 radical (unpaired) electrons. The van der Waals surface area contributed by atoms with E-state index in [1.807, 2.05) is 0 Å². The molecule has 4 fully saturated rings. The fraction of sp³-hybridized carbons (Fsp3) is 1.00. The van der Waals surface area contributed by atoms with E-state index >= 15 is 0 Å². The van der Waals surface area contributed by atoms with E-state index in [0.29, 0.717) is 10.8 Å². The third-order valence-corrected chi connectivity index (χ3v) is 7.42. The molecular weight excluding hydrogens is 220 g/mol. The zero-order chi connectivity index (χ0) is 12.5. The van der Waals surface area contributed by atoms with Gasteiger partial charge in [0.25, 0.3) is 0 Å². The third-order valence-electron chi connectivity index (χ3n) is 7.42. The van der Waals surface area contributed by atoms with Gasteiger partial charge in [-0.3, -0.25) is 0 Å². The van der Waals surface area contributed by atoms with Gasteiger partial charge in [-0.2, -0.15) is 0 Å². The van der Waals surface area contributed by atoms with E-state index in [0.717, 1.165) is 30.1 Å². The van der Waals surface area contributed by atoms with Crippen molar-refractivity contribution in [1.29, 1.82) is 0 Å². The van der Waals surface area contributed by atoms with Crippen LogP contribution in [-0.2, 0) is 0 Å². The van der Waals surface area contributed by atoms with E-state index < -0.39 is 0 Å². The van der Waals surface area contributed by atoms with Crippen LogP contribution in [0.3, 0.4) is 0 Å². The molecule has 1 heterocycles. The van der Waals surface area contributed by atoms with Crippen LogP contribution in [0.2, 0.25) is 0 Å². The van der Waals surface area contributed by atoms with Crippen molar-refractivity contribution in [1.82, 2.24) is 10.6 Å². The summed E-state index contributed by atoms with van der Waals surface area (Å²) in [7, 11) is 0. The molecule has 3 aliphatic carbocycles. The molecule has 102 valence electrons. The van der Waals surface area contributed by atoms with Crippen LogP contribution in [0, 0.1) is 16.7 Å². The fourth-order valence-electron chi connectivity index (χ4n) is 5.88. The Morgan fingerprint density at radius 1 is 0.889 bits per heavy atom. The van der Waals surface area contributed by atoms with E-state index in [9.17, 15) is 0 Å². The van der Waals surface area contributed by atoms with Crippen molar-refractivity contribution in [2.45, 2.75) is 83.5 Å². The molecular formula is C16H28N2. The van der Waals surface area contributed by atoms with Gasteiger partial charge in [-0.05, 0) is 42.4 Å². The Labute approximate surface area is 111 Å². The van der Waals surface area contributed by atoms with E-state index in [2.05, 4.69) is 31.4 Å². The van der Waals surface area contributed by atoms with Gasteiger partial charge in [0.2, 0.25) is 0 Å². The average molecular weight is 248 g/mol. The van der Waals surface area contributed by atoms with Gasteiger partial charge < -0.3 is 10.6 Å². The minimum absolute atomic E-state index is 0.510. The molecule has 3 saturated carbocycles. The molecule has 2 heteroatoms. The zero-order valence-electron chi connectivity index (χ0n) is 12.1. The van der Waals surface area contributed by atoms with Gasteiger partial charge in [-0.15, -0.1) is 0 Å². The van der Waals surface area contributed by atoms with Crippen LogP contribution >= 0.6 is 0 Å². The third kappa shape index (κ3) is 1.22. The molecule has 18 heavy (non-hydrogen) atoms. The Balaban J connectivity index is 1.67. The summed E-state index contributed by atoms with van der Waals surface area (Å²) < 4.78 is 0. The zero-order valence-corrected chi connectivity index (χ0v) is 12.1. The number of fused-ring (bicyclic) bond motifs is 6. The van der Waals surface area contributed by atoms with Crippen molar-refractivity contribution < 1.29 is 0 Å². The summed E-state index contributed by atoms with van der Waals surface area (Å²) in [5.41, 5.74) is 1.02. The number of nitrogens with one attached hydrogen (secondary N) is 2. The largest absolute Gasteiger partial charge is 0.308 e. The molecule has 4 aliphatic rings. The Morgan fingerprint density at radius 3 is 2.28 bits per heavy atom. The Hall–Kier alpha value is -0.0800. The van der Waals surface area contributed by atoms with Crippen LogP contribution in [0.25, 0.3) is 0 Å². The summed E-state index contributed by atoms with van der Waals surface area (Å²) in [6.07, 6.45) is 8.51. The minimum Gasteiger partial charge on any atom is -0.308 e. The second-order valence-electron chi connectivity index (χ2n) is 8.12. The number of piperazine rings is 1. The van der Waals surface area contributed by atoms with E-state index in [4.69, 9.17) is 0 Å². The van der Waals surface area contributed by atoms with E-state index in [1.165, 1.54) is 38.5 Å². The highest BCUT2D eigenvalue weighted by Crippen LogP contribution is 2.66. The lowest BCUT2D eigenvalue weighted by molar-refractivity contribution is 0.0792. The topological polar surface area (TPSA) is 24.1 Å². The van der Waals surface area contributed by atoms with Crippen molar-refractivity contribution in [3.05, 3.63) is 0 Å². The van der Waals surface area contributed by atoms with Crippen molar-refractivity contribution in [3.8, 4) is 0 Å². The molecule has 0 aromatic heterocycles. The summed E-state index contributed by atoms with van der Waals surface area (Å²) in [6, 6.07) is 2.99. The predicted molar refractivity (Wildman–Crippen MR) is 74.5 cm³/mol. The lowest BCUT2D eigenvalue weighted by Crippen LogP contribution is -2.69. The van der Waals surface area contributed by atoms with E-state index in [-0.39, 0.29) is 0 Å². The van der Waals surface area contributed by atoms with Crippen LogP contribution in [-0.4, -0.2) is 24.2 Å². The highest BCUT2D eigenvalue weighted by atomic mass is 15.2. The van der Waals surface area contributed by atoms with Crippen molar-refractivity contribution in [2.75, 3.05) is 0 Å². The number of hydrogen-bond donors (Lipinski definition) is 2. The maximum Gasteiger partial charge on any atom is 0.0286 e. The highest BCUT2D eigenvalue weighted by Gasteiger charge is 2.67. The second kappa shape index (κ2) is 3.52. The van der Waals surface area contributed by atoms with Crippen molar-refractivity contribution >= 4 is 0 Å². The van der Waals surface area contributed by atoms with Gasteiger partial charge in [0.1, 0.15) is 0 Å². The molecule has 0 aromatic carbocycles. The monoisotopic (exact) mass is 248 g/mol. The minimum atomic E-state index is 0.510. The second-order valence-corrected chi connectivity index (χ2v) is 8.12. The first-order chi connectivity index (χ1) is 8.54. The van der Waals surface area contributed by atoms with Gasteiger partial charge in [0.05, 0.1) is 0 Å².